The van der Waals surface area contributed by atoms with Gasteiger partial charge in [0.1, 0.15) is 0 Å². The molecule has 1 heteroatoms. The van der Waals surface area contributed by atoms with E-state index in [1.54, 1.807) is 6.20 Å². The average Bonchev–Trinajstić information content (AvgIpc) is 1.61. The Morgan fingerprint density at radius 3 is 2.67 bits per heavy atom. The zero-order valence-corrected chi connectivity index (χ0v) is 3.81. The van der Waals surface area contributed by atoms with Crippen LogP contribution < -0.4 is 0 Å². The fourth-order valence-corrected chi connectivity index (χ4v) is 0.127. The molecular formula is C5H7N. The summed E-state index contributed by atoms with van der Waals surface area (Å²) in [7, 11) is 0. The van der Waals surface area contributed by atoms with E-state index in [9.17, 15) is 0 Å². The van der Waals surface area contributed by atoms with E-state index in [1.165, 1.54) is 0 Å². The quantitative estimate of drug-likeness (QED) is 0.423. The molecule has 32 valence electrons. The number of aliphatic imine (C=N–C) groups is 1. The van der Waals surface area contributed by atoms with Crippen LogP contribution in [0.25, 0.3) is 0 Å². The first kappa shape index (κ1) is 5.19. The number of hydrogen-bond acceptors (Lipinski definition) is 1. The number of rotatable bonds is 1. The van der Waals surface area contributed by atoms with E-state index in [1.807, 2.05) is 13.0 Å². The van der Waals surface area contributed by atoms with E-state index in [0.29, 0.717) is 0 Å². The van der Waals surface area contributed by atoms with Crippen LogP contribution in [0.1, 0.15) is 6.92 Å². The van der Waals surface area contributed by atoms with Crippen LogP contribution in [0.15, 0.2) is 23.8 Å². The standard InChI is InChI=1S/C5H7N/c1-3-5-6-4-2/h3,5H,2H2,1H3. The maximum atomic E-state index is 3.55. The van der Waals surface area contributed by atoms with Gasteiger partial charge in [-0.15, -0.1) is 0 Å². The summed E-state index contributed by atoms with van der Waals surface area (Å²) in [4.78, 5) is 3.55. The van der Waals surface area contributed by atoms with Crippen LogP contribution in [0.2, 0.25) is 0 Å². The molecule has 0 saturated heterocycles. The lowest BCUT2D eigenvalue weighted by Crippen LogP contribution is -1.41. The highest BCUT2D eigenvalue weighted by Crippen LogP contribution is 1.64. The first-order valence-corrected chi connectivity index (χ1v) is 1.75. The van der Waals surface area contributed by atoms with E-state index in [0.717, 1.165) is 0 Å². The molecule has 0 saturated carbocycles. The Balaban J connectivity index is 3.33. The van der Waals surface area contributed by atoms with E-state index >= 15 is 0 Å². The van der Waals surface area contributed by atoms with Crippen molar-refractivity contribution in [2.75, 3.05) is 0 Å². The number of allylic oxidation sites excluding steroid dienone is 1. The second kappa shape index (κ2) is 4.19. The molecule has 0 aromatic carbocycles. The van der Waals surface area contributed by atoms with E-state index in [2.05, 4.69) is 17.4 Å². The summed E-state index contributed by atoms with van der Waals surface area (Å²) >= 11 is 0. The van der Waals surface area contributed by atoms with Gasteiger partial charge in [0, 0.05) is 6.20 Å². The third-order valence-electron chi connectivity index (χ3n) is 0.315. The molecule has 0 unspecified atom stereocenters. The molecule has 1 nitrogen and oxygen atoms in total. The lowest BCUT2D eigenvalue weighted by molar-refractivity contribution is 1.56. The van der Waals surface area contributed by atoms with Crippen molar-refractivity contribution in [1.29, 1.82) is 0 Å². The van der Waals surface area contributed by atoms with Crippen LogP contribution in [-0.2, 0) is 0 Å². The zero-order valence-electron chi connectivity index (χ0n) is 3.81. The van der Waals surface area contributed by atoms with Crippen LogP contribution in [0.5, 0.6) is 0 Å². The van der Waals surface area contributed by atoms with Crippen molar-refractivity contribution in [3.05, 3.63) is 18.9 Å². The minimum absolute atomic E-state index is 1.63. The number of nitrogens with zero attached hydrogens (tertiary/aromatic N) is 1. The first-order valence-electron chi connectivity index (χ1n) is 1.75. The van der Waals surface area contributed by atoms with Crippen LogP contribution >= 0.6 is 0 Å². The predicted octanol–water partition coefficient (Wildman–Crippen LogP) is 1.38. The summed E-state index contributed by atoms with van der Waals surface area (Å²) in [6, 6.07) is 0. The van der Waals surface area contributed by atoms with Gasteiger partial charge in [-0.25, -0.2) is 4.99 Å². The molecule has 0 aromatic heterocycles. The van der Waals surface area contributed by atoms with Gasteiger partial charge in [0.15, 0.2) is 0 Å². The Bertz CT molecular complexity index is 86.1. The van der Waals surface area contributed by atoms with Gasteiger partial charge in [-0.1, -0.05) is 6.08 Å². The molecular weight excluding hydrogens is 74.1 g/mol. The molecule has 6 heavy (non-hydrogen) atoms. The third-order valence-corrected chi connectivity index (χ3v) is 0.315. The van der Waals surface area contributed by atoms with Crippen LogP contribution in [0.3, 0.4) is 0 Å². The van der Waals surface area contributed by atoms with Gasteiger partial charge < -0.3 is 0 Å². The molecule has 0 spiro atoms. The molecule has 0 aliphatic rings. The van der Waals surface area contributed by atoms with Crippen molar-refractivity contribution in [3.8, 4) is 0 Å². The molecule has 0 amide bonds. The lowest BCUT2D eigenvalue weighted by Gasteiger charge is -1.58. The fraction of sp³-hybridized carbons (Fsp3) is 0.200. The van der Waals surface area contributed by atoms with Crippen molar-refractivity contribution < 1.29 is 0 Å². The highest BCUT2D eigenvalue weighted by atomic mass is 14.6. The monoisotopic (exact) mass is 81.1 g/mol. The Kier molecular flexibility index (Phi) is 3.62. The van der Waals surface area contributed by atoms with Crippen LogP contribution in [0.4, 0.5) is 0 Å². The van der Waals surface area contributed by atoms with E-state index < -0.39 is 0 Å². The Labute approximate surface area is 37.7 Å². The van der Waals surface area contributed by atoms with Gasteiger partial charge in [-0.05, 0) is 19.4 Å². The molecule has 0 atom stereocenters. The number of hydrogen-bond donors (Lipinski definition) is 0. The highest BCUT2D eigenvalue weighted by molar-refractivity contribution is 5.47. The summed E-state index contributed by atoms with van der Waals surface area (Å²) in [5, 5.41) is 0. The largest absolute Gasteiger partial charge is 0.215 e. The van der Waals surface area contributed by atoms with Gasteiger partial charge in [0.25, 0.3) is 0 Å². The molecule has 0 aliphatic carbocycles. The van der Waals surface area contributed by atoms with Crippen LogP contribution in [0, 0.1) is 0 Å². The molecule has 0 aromatic rings. The second-order valence-corrected chi connectivity index (χ2v) is 0.770. The Morgan fingerprint density at radius 2 is 2.50 bits per heavy atom. The van der Waals surface area contributed by atoms with E-state index in [4.69, 9.17) is 0 Å². The average molecular weight is 81.1 g/mol. The summed E-state index contributed by atoms with van der Waals surface area (Å²) in [6.07, 6.45) is 3.45. The molecule has 0 radical (unpaired) electrons. The molecule has 0 fully saturated rings. The summed E-state index contributed by atoms with van der Waals surface area (Å²) in [5.41, 5.74) is 0. The van der Waals surface area contributed by atoms with Crippen molar-refractivity contribution in [3.63, 3.8) is 0 Å². The van der Waals surface area contributed by atoms with Gasteiger partial charge in [0.2, 0.25) is 0 Å². The van der Waals surface area contributed by atoms with Crippen molar-refractivity contribution in [1.82, 2.24) is 0 Å². The van der Waals surface area contributed by atoms with Gasteiger partial charge in [-0.2, -0.15) is 0 Å². The summed E-state index contributed by atoms with van der Waals surface area (Å²) < 4.78 is 0. The molecule has 0 heterocycles. The van der Waals surface area contributed by atoms with Crippen LogP contribution in [-0.4, -0.2) is 5.87 Å². The lowest BCUT2D eigenvalue weighted by atomic mass is 10.7. The van der Waals surface area contributed by atoms with Crippen molar-refractivity contribution in [2.24, 2.45) is 4.99 Å². The SMILES string of the molecule is C=C=NC=CC. The van der Waals surface area contributed by atoms with Gasteiger partial charge in [-0.3, -0.25) is 0 Å². The third kappa shape index (κ3) is 3.19. The smallest absolute Gasteiger partial charge is 0.0325 e. The highest BCUT2D eigenvalue weighted by Gasteiger charge is 1.45. The maximum absolute atomic E-state index is 3.55. The molecule has 0 N–H and O–H groups in total. The predicted molar refractivity (Wildman–Crippen MR) is 27.9 cm³/mol. The normalized spacial score (nSPS) is 8.17. The second-order valence-electron chi connectivity index (χ2n) is 0.770. The topological polar surface area (TPSA) is 12.4 Å². The fourth-order valence-electron chi connectivity index (χ4n) is 0.127. The maximum Gasteiger partial charge on any atom is 0.0325 e. The molecule has 0 aliphatic heterocycles. The summed E-state index contributed by atoms with van der Waals surface area (Å²) in [5.74, 6) is 2.36. The molecule has 0 bridgehead atoms. The van der Waals surface area contributed by atoms with Crippen molar-refractivity contribution in [2.45, 2.75) is 6.92 Å². The van der Waals surface area contributed by atoms with Gasteiger partial charge >= 0.3 is 0 Å². The summed E-state index contributed by atoms with van der Waals surface area (Å²) in [6.45, 7) is 5.14. The first-order chi connectivity index (χ1) is 2.91. The van der Waals surface area contributed by atoms with Crippen molar-refractivity contribution >= 4 is 5.87 Å². The Hall–Kier alpha value is -0.810. The minimum atomic E-state index is 1.63. The Morgan fingerprint density at radius 1 is 1.83 bits per heavy atom. The minimum Gasteiger partial charge on any atom is -0.215 e. The zero-order chi connectivity index (χ0) is 4.83. The van der Waals surface area contributed by atoms with E-state index in [-0.39, 0.29) is 0 Å². The molecule has 0 rings (SSSR count). The van der Waals surface area contributed by atoms with Gasteiger partial charge in [0.05, 0.1) is 0 Å².